The van der Waals surface area contributed by atoms with Crippen LogP contribution < -0.4 is 10.2 Å². The van der Waals surface area contributed by atoms with E-state index in [4.69, 9.17) is 28.8 Å². The van der Waals surface area contributed by atoms with E-state index < -0.39 is 0 Å². The molecule has 28 heavy (non-hydrogen) atoms. The van der Waals surface area contributed by atoms with Crippen molar-refractivity contribution in [1.82, 2.24) is 5.32 Å². The van der Waals surface area contributed by atoms with Gasteiger partial charge in [0.15, 0.2) is 0 Å². The van der Waals surface area contributed by atoms with Crippen molar-refractivity contribution in [1.29, 1.82) is 0 Å². The van der Waals surface area contributed by atoms with E-state index in [0.29, 0.717) is 12.3 Å². The number of benzene rings is 2. The molecule has 0 heterocycles. The fourth-order valence-electron chi connectivity index (χ4n) is 2.68. The predicted octanol–water partition coefficient (Wildman–Crippen LogP) is 4.27. The third kappa shape index (κ3) is 8.66. The van der Waals surface area contributed by atoms with Gasteiger partial charge in [0.1, 0.15) is 0 Å². The van der Waals surface area contributed by atoms with Crippen LogP contribution in [-0.4, -0.2) is 37.7 Å². The normalized spacial score (nSPS) is 10.8. The molecular formula is C21H28N3OS2Tc. The molecule has 2 aromatic rings. The fraction of sp³-hybridized carbons (Fsp3) is 0.429. The summed E-state index contributed by atoms with van der Waals surface area (Å²) in [4.78, 5) is 2.10. The third-order valence-electron chi connectivity index (χ3n) is 4.04. The van der Waals surface area contributed by atoms with Gasteiger partial charge < -0.3 is 40.8 Å². The molecule has 2 aromatic carbocycles. The van der Waals surface area contributed by atoms with Crippen LogP contribution in [-0.2, 0) is 54.2 Å². The molecule has 0 bridgehead atoms. The Bertz CT molecular complexity index is 719. The van der Waals surface area contributed by atoms with E-state index in [1.165, 1.54) is 22.4 Å². The maximum absolute atomic E-state index is 8.22. The first-order valence-corrected chi connectivity index (χ1v) is 10.8. The second-order valence-corrected chi connectivity index (χ2v) is 8.75. The van der Waals surface area contributed by atoms with Crippen LogP contribution in [0.1, 0.15) is 19.4 Å². The molecule has 0 atom stereocenters. The van der Waals surface area contributed by atoms with Crippen molar-refractivity contribution in [2.45, 2.75) is 25.1 Å². The van der Waals surface area contributed by atoms with Gasteiger partial charge in [0.25, 0.3) is 0 Å². The summed E-state index contributed by atoms with van der Waals surface area (Å²) >= 11 is 11.4. The number of nitrogens with one attached hydrogen (secondary N) is 1. The summed E-state index contributed by atoms with van der Waals surface area (Å²) in [5, 5.41) is 8.10. The van der Waals surface area contributed by atoms with E-state index in [2.05, 4.69) is 85.9 Å². The Morgan fingerprint density at radius 1 is 1.07 bits per heavy atom. The van der Waals surface area contributed by atoms with Crippen LogP contribution in [0.25, 0.3) is 16.4 Å². The van der Waals surface area contributed by atoms with Crippen molar-refractivity contribution in [3.63, 3.8) is 0 Å². The minimum atomic E-state index is -0.155. The van der Waals surface area contributed by atoms with Crippen LogP contribution in [0.5, 0.6) is 0 Å². The molecule has 0 spiro atoms. The Kier molecular flexibility index (Phi) is 11.4. The zero-order valence-electron chi connectivity index (χ0n) is 16.9. The molecule has 4 nitrogen and oxygen atoms in total. The summed E-state index contributed by atoms with van der Waals surface area (Å²) in [7, 11) is 4.10. The topological polar surface area (TPSA) is 46.4 Å². The zero-order chi connectivity index (χ0) is 21.2. The molecule has 0 amide bonds. The SMILES string of the molecule is CN(C)c1ccc(-c2ccc([N-]CC[S-])c(CNCC(C)(C)[S-])c2)cc1.[O]=[Tc+3]. The molecule has 0 aliphatic heterocycles. The molecule has 0 saturated carbocycles. The third-order valence-corrected chi connectivity index (χ3v) is 4.36. The van der Waals surface area contributed by atoms with Gasteiger partial charge in [-0.3, -0.25) is 0 Å². The van der Waals surface area contributed by atoms with Crippen LogP contribution >= 0.6 is 0 Å². The standard InChI is InChI=1S/C21H30N3S2.O.Tc/c1-21(2,26)15-22-14-18-13-17(7-10-20(18)23-11-12-25)16-5-8-19(9-6-16)24(3)4;;/h5-10,13,22,25-26H,11-12,14-15H2,1-4H3;;/q-1;;+3/p-2. The van der Waals surface area contributed by atoms with E-state index in [1.54, 1.807) is 0 Å². The van der Waals surface area contributed by atoms with Gasteiger partial charge in [0, 0.05) is 26.3 Å². The Hall–Kier alpha value is -0.851. The van der Waals surface area contributed by atoms with Crippen molar-refractivity contribution in [2.24, 2.45) is 0 Å². The summed E-state index contributed by atoms with van der Waals surface area (Å²) in [6.07, 6.45) is 0. The summed E-state index contributed by atoms with van der Waals surface area (Å²) in [5.74, 6) is 0.639. The molecule has 0 unspecified atom stereocenters. The molecule has 0 saturated heterocycles. The van der Waals surface area contributed by atoms with Crippen LogP contribution in [0.2, 0.25) is 0 Å². The van der Waals surface area contributed by atoms with Crippen molar-refractivity contribution < 1.29 is 22.4 Å². The van der Waals surface area contributed by atoms with Crippen molar-refractivity contribution in [3.8, 4) is 11.1 Å². The Balaban J connectivity index is 0.00000190. The Morgan fingerprint density at radius 2 is 1.68 bits per heavy atom. The van der Waals surface area contributed by atoms with Crippen LogP contribution in [0, 0.1) is 0 Å². The fourth-order valence-corrected chi connectivity index (χ4v) is 2.87. The summed E-state index contributed by atoms with van der Waals surface area (Å²) in [6.45, 7) is 6.32. The molecule has 0 aromatic heterocycles. The van der Waals surface area contributed by atoms with Gasteiger partial charge in [0.05, 0.1) is 0 Å². The summed E-state index contributed by atoms with van der Waals surface area (Å²) in [5.41, 5.74) is 5.79. The van der Waals surface area contributed by atoms with Gasteiger partial charge in [-0.1, -0.05) is 44.2 Å². The number of rotatable bonds is 9. The Labute approximate surface area is 191 Å². The molecule has 1 N–H and O–H groups in total. The summed E-state index contributed by atoms with van der Waals surface area (Å²) in [6, 6.07) is 15.0. The first kappa shape index (κ1) is 25.2. The number of anilines is 1. The van der Waals surface area contributed by atoms with Gasteiger partial charge in [-0.05, 0) is 35.4 Å². The second-order valence-electron chi connectivity index (χ2n) is 7.23. The van der Waals surface area contributed by atoms with Gasteiger partial charge in [-0.2, -0.15) is 12.3 Å². The van der Waals surface area contributed by atoms with Gasteiger partial charge >= 0.3 is 22.4 Å². The molecule has 2 rings (SSSR count). The zero-order valence-corrected chi connectivity index (χ0v) is 20.4. The number of nitrogens with zero attached hydrogens (tertiary/aromatic N) is 2. The van der Waals surface area contributed by atoms with E-state index >= 15 is 0 Å². The van der Waals surface area contributed by atoms with Crippen molar-refractivity contribution >= 4 is 36.6 Å². The minimum absolute atomic E-state index is 0.155. The second kappa shape index (κ2) is 12.7. The molecule has 7 heteroatoms. The molecule has 152 valence electrons. The monoisotopic (exact) mass is 499 g/mol. The maximum atomic E-state index is 8.22. The summed E-state index contributed by atoms with van der Waals surface area (Å²) < 4.78 is 8.06. The average molecular weight is 501 g/mol. The van der Waals surface area contributed by atoms with E-state index in [1.807, 2.05) is 0 Å². The van der Waals surface area contributed by atoms with E-state index in [-0.39, 0.29) is 4.75 Å². The average Bonchev–Trinajstić information content (AvgIpc) is 2.67. The molecule has 0 radical (unpaired) electrons. The van der Waals surface area contributed by atoms with Gasteiger partial charge in [-0.25, -0.2) is 0 Å². The number of hydrogen-bond donors (Lipinski definition) is 1. The molecule has 0 aliphatic rings. The van der Waals surface area contributed by atoms with Crippen LogP contribution in [0.15, 0.2) is 42.5 Å². The first-order valence-electron chi connectivity index (χ1n) is 9.03. The van der Waals surface area contributed by atoms with Gasteiger partial charge in [0.2, 0.25) is 0 Å². The van der Waals surface area contributed by atoms with Crippen LogP contribution in [0.3, 0.4) is 0 Å². The number of hydrogen-bond acceptors (Lipinski definition) is 5. The predicted molar refractivity (Wildman–Crippen MR) is 120 cm³/mol. The van der Waals surface area contributed by atoms with Crippen LogP contribution in [0.4, 0.5) is 11.4 Å². The van der Waals surface area contributed by atoms with Crippen molar-refractivity contribution in [3.05, 3.63) is 53.3 Å². The first-order chi connectivity index (χ1) is 13.3. The van der Waals surface area contributed by atoms with Crippen molar-refractivity contribution in [2.75, 3.05) is 37.8 Å². The molecular weight excluding hydrogens is 472 g/mol. The van der Waals surface area contributed by atoms with Gasteiger partial charge in [-0.15, -0.1) is 10.4 Å². The quantitative estimate of drug-likeness (QED) is 0.522. The Morgan fingerprint density at radius 3 is 2.21 bits per heavy atom. The molecule has 0 fully saturated rings. The van der Waals surface area contributed by atoms with E-state index in [9.17, 15) is 0 Å². The van der Waals surface area contributed by atoms with E-state index in [0.717, 1.165) is 37.6 Å². The molecule has 0 aliphatic carbocycles.